The molecule has 0 bridgehead atoms. The van der Waals surface area contributed by atoms with Gasteiger partial charge in [-0.25, -0.2) is 0 Å². The van der Waals surface area contributed by atoms with Crippen LogP contribution in [0, 0.1) is 38.5 Å². The summed E-state index contributed by atoms with van der Waals surface area (Å²) in [5.41, 5.74) is 8.71. The van der Waals surface area contributed by atoms with Crippen LogP contribution in [-0.2, 0) is 18.9 Å². The summed E-state index contributed by atoms with van der Waals surface area (Å²) in [6.45, 7) is 11.0. The van der Waals surface area contributed by atoms with Crippen molar-refractivity contribution in [2.24, 2.45) is 10.8 Å². The number of benzene rings is 8. The molecule has 12 atom stereocenters. The van der Waals surface area contributed by atoms with E-state index in [1.807, 2.05) is 102 Å². The van der Waals surface area contributed by atoms with Crippen LogP contribution in [0.4, 0.5) is 0 Å². The number of methoxy groups -OCH3 is 4. The van der Waals surface area contributed by atoms with E-state index in [9.17, 15) is 51.1 Å². The molecule has 0 aromatic heterocycles. The summed E-state index contributed by atoms with van der Waals surface area (Å²) in [4.78, 5) is 0. The summed E-state index contributed by atoms with van der Waals surface area (Å²) >= 11 is 0. The highest BCUT2D eigenvalue weighted by Gasteiger charge is 2.68. The third-order valence-corrected chi connectivity index (χ3v) is 22.0. The lowest BCUT2D eigenvalue weighted by molar-refractivity contribution is -0.0774. The van der Waals surface area contributed by atoms with Crippen molar-refractivity contribution in [3.05, 3.63) is 235 Å². The first kappa shape index (κ1) is 67.2. The second kappa shape index (κ2) is 25.5. The van der Waals surface area contributed by atoms with Crippen molar-refractivity contribution in [2.45, 2.75) is 140 Å². The number of phenols is 8. The van der Waals surface area contributed by atoms with Gasteiger partial charge in [0.05, 0.1) is 40.6 Å². The Morgan fingerprint density at radius 2 is 0.582 bits per heavy atom. The van der Waals surface area contributed by atoms with Crippen LogP contribution >= 0.6 is 0 Å². The second-order valence-electron chi connectivity index (χ2n) is 27.6. The zero-order chi connectivity index (χ0) is 69.7. The molecule has 2 spiro atoms. The van der Waals surface area contributed by atoms with Gasteiger partial charge < -0.3 is 89.0 Å². The van der Waals surface area contributed by atoms with E-state index >= 15 is 0 Å². The predicted octanol–water partition coefficient (Wildman–Crippen LogP) is 15.4. The monoisotopic (exact) mass is 1330 g/mol. The van der Waals surface area contributed by atoms with Crippen LogP contribution in [0.3, 0.4) is 0 Å². The first-order valence-electron chi connectivity index (χ1n) is 32.9. The summed E-state index contributed by atoms with van der Waals surface area (Å²) in [6, 6.07) is 42.3. The minimum atomic E-state index is -1.42. The minimum absolute atomic E-state index is 0.0165. The normalized spacial score (nSPS) is 27.8. The summed E-state index contributed by atoms with van der Waals surface area (Å²) in [6.07, 6.45) is -1.58. The van der Waals surface area contributed by atoms with Crippen LogP contribution in [0.2, 0.25) is 0 Å². The number of aromatic hydroxyl groups is 8. The fourth-order valence-corrected chi connectivity index (χ4v) is 16.5. The number of hydrogen-bond acceptors (Lipinski definition) is 18. The maximum Gasteiger partial charge on any atom is 0.160 e. The molecule has 2 aliphatic carbocycles. The summed E-state index contributed by atoms with van der Waals surface area (Å²) in [5, 5.41) is 110. The first-order valence-corrected chi connectivity index (χ1v) is 32.9. The molecule has 6 aliphatic rings. The fraction of sp³-hybridized carbons (Fsp3) is 0.350. The van der Waals surface area contributed by atoms with Crippen molar-refractivity contribution in [1.29, 1.82) is 0 Å². The molecule has 8 aromatic carbocycles. The lowest BCUT2D eigenvalue weighted by atomic mass is 9.57. The van der Waals surface area contributed by atoms with E-state index in [1.54, 1.807) is 84.9 Å². The van der Waals surface area contributed by atoms with Gasteiger partial charge in [0.2, 0.25) is 0 Å². The smallest absolute Gasteiger partial charge is 0.160 e. The van der Waals surface area contributed by atoms with E-state index in [-0.39, 0.29) is 46.0 Å². The number of rotatable bonds is 12. The molecule has 8 aromatic rings. The zero-order valence-corrected chi connectivity index (χ0v) is 56.5. The van der Waals surface area contributed by atoms with Crippen LogP contribution in [-0.4, -0.2) is 90.7 Å². The molecule has 512 valence electrons. The van der Waals surface area contributed by atoms with E-state index in [0.29, 0.717) is 83.8 Å². The lowest BCUT2D eigenvalue weighted by Gasteiger charge is -2.47. The van der Waals surface area contributed by atoms with Crippen molar-refractivity contribution < 1.29 is 89.0 Å². The lowest BCUT2D eigenvalue weighted by Crippen LogP contribution is -2.48. The Hall–Kier alpha value is -9.40. The molecular weight excluding hydrogens is 1250 g/mol. The third-order valence-electron chi connectivity index (χ3n) is 22.0. The molecule has 4 aliphatic heterocycles. The average molecular weight is 1330 g/mol. The standard InChI is InChI=1S/2C40H42O9/c2*1-21-16-23(6-10-29(21)41)35-27-14-15-40(20-28(27)36(48-35)24-7-12-31(43)34(19-24)47-5)38(26-9-13-33(46-4)32(44)18-26)49-37(39(40,3)45)25-8-11-30(42)22(2)17-25/h2*6-13,16-19,35-38,41-45H,14-15,20H2,1-5H3/t35-,36+,37+,38-,39+,40+;35-,36+,37+,38-,39+,40-/m00/s1. The molecule has 2 fully saturated rings. The van der Waals surface area contributed by atoms with Crippen molar-refractivity contribution in [1.82, 2.24) is 0 Å². The van der Waals surface area contributed by atoms with Crippen molar-refractivity contribution >= 4 is 0 Å². The molecule has 0 unspecified atom stereocenters. The second-order valence-corrected chi connectivity index (χ2v) is 27.6. The highest BCUT2D eigenvalue weighted by molar-refractivity contribution is 5.54. The molecule has 14 rings (SSSR count). The number of ether oxygens (including phenoxy) is 8. The third kappa shape index (κ3) is 11.1. The average Bonchev–Trinajstić information content (AvgIpc) is 1.53. The molecule has 0 radical (unpaired) electrons. The molecule has 2 saturated heterocycles. The number of aliphatic hydroxyl groups is 2. The largest absolute Gasteiger partial charge is 0.508 e. The Bertz CT molecular complexity index is 4210. The molecule has 98 heavy (non-hydrogen) atoms. The SMILES string of the molecule is COc1ccc([C@@H]2O[C@H](c3ccc(O)c(C)c3)[C@@](C)(O)[C@@]23CCC2=C(C3)[C@@H](c3ccc(O)c(OC)c3)O[C@H]2c2ccc(O)c(C)c2)cc1O.COc1ccc([C@@H]2O[C@H](c3ccc(O)c(C)c3)[C@@](C)(O)[C@]23CCC2=C(C3)[C@@H](c3ccc(O)c(OC)c3)O[C@H]2c2ccc(O)c(C)c2)cc1O. The molecule has 4 heterocycles. The van der Waals surface area contributed by atoms with Gasteiger partial charge in [-0.05, 0) is 266 Å². The molecule has 18 nitrogen and oxygen atoms in total. The van der Waals surface area contributed by atoms with Gasteiger partial charge in [-0.3, -0.25) is 0 Å². The summed E-state index contributed by atoms with van der Waals surface area (Å²) < 4.78 is 49.3. The van der Waals surface area contributed by atoms with Crippen LogP contribution in [0.5, 0.6) is 69.0 Å². The molecular formula is C80H84O18. The maximum absolute atomic E-state index is 12.9. The number of hydrogen-bond donors (Lipinski definition) is 10. The van der Waals surface area contributed by atoms with E-state index in [2.05, 4.69) is 0 Å². The van der Waals surface area contributed by atoms with Gasteiger partial charge in [-0.1, -0.05) is 48.5 Å². The van der Waals surface area contributed by atoms with Crippen LogP contribution in [0.1, 0.15) is 168 Å². The van der Waals surface area contributed by atoms with Crippen molar-refractivity contribution in [3.8, 4) is 69.0 Å². The van der Waals surface area contributed by atoms with Gasteiger partial charge >= 0.3 is 0 Å². The Morgan fingerprint density at radius 1 is 0.306 bits per heavy atom. The van der Waals surface area contributed by atoms with Crippen LogP contribution in [0.15, 0.2) is 168 Å². The molecule has 10 N–H and O–H groups in total. The minimum Gasteiger partial charge on any atom is -0.508 e. The van der Waals surface area contributed by atoms with Crippen molar-refractivity contribution in [3.63, 3.8) is 0 Å². The van der Waals surface area contributed by atoms with Gasteiger partial charge in [0.25, 0.3) is 0 Å². The van der Waals surface area contributed by atoms with E-state index in [1.165, 1.54) is 28.4 Å². The fourth-order valence-electron chi connectivity index (χ4n) is 16.5. The number of aryl methyl sites for hydroxylation is 4. The van der Waals surface area contributed by atoms with E-state index in [4.69, 9.17) is 37.9 Å². The zero-order valence-electron chi connectivity index (χ0n) is 56.5. The highest BCUT2D eigenvalue weighted by atomic mass is 16.5. The van der Waals surface area contributed by atoms with Gasteiger partial charge in [-0.2, -0.15) is 0 Å². The summed E-state index contributed by atoms with van der Waals surface area (Å²) in [5.74, 6) is 2.02. The number of phenolic OH excluding ortho intramolecular Hbond substituents is 8. The topological polar surface area (TPSA) is 276 Å². The maximum atomic E-state index is 12.9. The van der Waals surface area contributed by atoms with Crippen LogP contribution in [0.25, 0.3) is 0 Å². The van der Waals surface area contributed by atoms with Gasteiger partial charge in [-0.15, -0.1) is 0 Å². The highest BCUT2D eigenvalue weighted by Crippen LogP contribution is 2.71. The van der Waals surface area contributed by atoms with Gasteiger partial charge in [0.15, 0.2) is 46.0 Å². The predicted molar refractivity (Wildman–Crippen MR) is 364 cm³/mol. The Kier molecular flexibility index (Phi) is 17.5. The Balaban J connectivity index is 0.000000176. The Labute approximate surface area is 569 Å². The van der Waals surface area contributed by atoms with Gasteiger partial charge in [0, 0.05) is 10.8 Å². The Morgan fingerprint density at radius 3 is 0.898 bits per heavy atom. The molecule has 0 saturated carbocycles. The van der Waals surface area contributed by atoms with Crippen LogP contribution < -0.4 is 18.9 Å². The van der Waals surface area contributed by atoms with E-state index in [0.717, 1.165) is 66.8 Å². The molecule has 0 amide bonds. The van der Waals surface area contributed by atoms with Gasteiger partial charge in [0.1, 0.15) is 70.8 Å². The van der Waals surface area contributed by atoms with E-state index < -0.39 is 70.9 Å². The quantitative estimate of drug-likeness (QED) is 0.0509. The van der Waals surface area contributed by atoms with Crippen molar-refractivity contribution in [2.75, 3.05) is 28.4 Å². The summed E-state index contributed by atoms with van der Waals surface area (Å²) in [7, 11) is 6.00. The molecule has 18 heteroatoms. The first-order chi connectivity index (χ1) is 46.8.